The lowest BCUT2D eigenvalue weighted by molar-refractivity contribution is -0.136. The number of carboxylic acids is 1. The second-order valence-electron chi connectivity index (χ2n) is 4.57. The first kappa shape index (κ1) is 16.5. The Morgan fingerprint density at radius 3 is 2.00 bits per heavy atom. The van der Waals surface area contributed by atoms with Gasteiger partial charge in [0.1, 0.15) is 0 Å². The van der Waals surface area contributed by atoms with E-state index in [9.17, 15) is 13.2 Å². The molecule has 7 heteroatoms. The lowest BCUT2D eigenvalue weighted by Crippen LogP contribution is -2.26. The molecule has 5 nitrogen and oxygen atoms in total. The van der Waals surface area contributed by atoms with Gasteiger partial charge in [-0.1, -0.05) is 35.9 Å². The normalized spacial score (nSPS) is 11.3. The summed E-state index contributed by atoms with van der Waals surface area (Å²) < 4.78 is 26.2. The van der Waals surface area contributed by atoms with E-state index in [1.54, 1.807) is 24.3 Å². The molecule has 0 atom stereocenters. The Morgan fingerprint density at radius 1 is 1.00 bits per heavy atom. The summed E-state index contributed by atoms with van der Waals surface area (Å²) in [5.41, 5.74) is 1.79. The van der Waals surface area contributed by atoms with Crippen LogP contribution in [0, 0.1) is 0 Å². The van der Waals surface area contributed by atoms with Crippen LogP contribution in [0.1, 0.15) is 6.42 Å². The Balaban J connectivity index is 2.14. The van der Waals surface area contributed by atoms with Gasteiger partial charge in [0.15, 0.2) is 0 Å². The second-order valence-corrected chi connectivity index (χ2v) is 6.78. The fourth-order valence-electron chi connectivity index (χ4n) is 1.84. The van der Waals surface area contributed by atoms with Gasteiger partial charge in [-0.2, -0.15) is 0 Å². The summed E-state index contributed by atoms with van der Waals surface area (Å²) in [5, 5.41) is 9.15. The van der Waals surface area contributed by atoms with Gasteiger partial charge in [-0.3, -0.25) is 4.79 Å². The number of aliphatic carboxylic acids is 1. The number of halogens is 1. The molecule has 2 aromatic rings. The highest BCUT2D eigenvalue weighted by Crippen LogP contribution is 2.23. The quantitative estimate of drug-likeness (QED) is 0.847. The first-order chi connectivity index (χ1) is 10.4. The standard InChI is InChI=1S/C15H14ClNO4S/c16-13-5-1-11(2-6-13)12-3-7-14(8-4-12)22(20,21)17-10-9-15(18)19/h1-8,17H,9-10H2,(H,18,19). The van der Waals surface area contributed by atoms with Gasteiger partial charge in [0.2, 0.25) is 10.0 Å². The number of sulfonamides is 1. The fourth-order valence-corrected chi connectivity index (χ4v) is 3.00. The zero-order chi connectivity index (χ0) is 16.2. The summed E-state index contributed by atoms with van der Waals surface area (Å²) in [6.45, 7) is -0.142. The van der Waals surface area contributed by atoms with Crippen LogP contribution < -0.4 is 4.72 Å². The van der Waals surface area contributed by atoms with Crippen molar-refractivity contribution < 1.29 is 18.3 Å². The maximum Gasteiger partial charge on any atom is 0.304 e. The molecule has 0 radical (unpaired) electrons. The molecule has 2 aromatic carbocycles. The van der Waals surface area contributed by atoms with Crippen LogP contribution >= 0.6 is 11.6 Å². The second kappa shape index (κ2) is 6.91. The number of carboxylic acid groups (broad SMARTS) is 1. The van der Waals surface area contributed by atoms with E-state index in [1.165, 1.54) is 12.1 Å². The third kappa shape index (κ3) is 4.30. The molecule has 0 fully saturated rings. The average molecular weight is 340 g/mol. The zero-order valence-electron chi connectivity index (χ0n) is 11.5. The number of benzene rings is 2. The van der Waals surface area contributed by atoms with Crippen molar-refractivity contribution in [2.75, 3.05) is 6.54 Å². The summed E-state index contributed by atoms with van der Waals surface area (Å²) in [6, 6.07) is 13.5. The van der Waals surface area contributed by atoms with Gasteiger partial charge in [-0.05, 0) is 35.4 Å². The summed E-state index contributed by atoms with van der Waals surface area (Å²) in [4.78, 5) is 10.5. The molecule has 2 rings (SSSR count). The molecule has 0 aliphatic rings. The van der Waals surface area contributed by atoms with E-state index in [0.29, 0.717) is 5.02 Å². The summed E-state index contributed by atoms with van der Waals surface area (Å²) >= 11 is 5.83. The minimum Gasteiger partial charge on any atom is -0.481 e. The van der Waals surface area contributed by atoms with E-state index < -0.39 is 16.0 Å². The van der Waals surface area contributed by atoms with Gasteiger partial charge < -0.3 is 5.11 Å². The van der Waals surface area contributed by atoms with Crippen LogP contribution in [0.3, 0.4) is 0 Å². The Kier molecular flexibility index (Phi) is 5.18. The fraction of sp³-hybridized carbons (Fsp3) is 0.133. The molecule has 0 aliphatic carbocycles. The highest BCUT2D eigenvalue weighted by molar-refractivity contribution is 7.89. The molecule has 0 spiro atoms. The van der Waals surface area contributed by atoms with Gasteiger partial charge >= 0.3 is 5.97 Å². The molecule has 22 heavy (non-hydrogen) atoms. The van der Waals surface area contributed by atoms with Gasteiger partial charge in [-0.15, -0.1) is 0 Å². The highest BCUT2D eigenvalue weighted by Gasteiger charge is 2.14. The van der Waals surface area contributed by atoms with Gasteiger partial charge in [0, 0.05) is 11.6 Å². The Labute approximate surface area is 133 Å². The zero-order valence-corrected chi connectivity index (χ0v) is 13.1. The van der Waals surface area contributed by atoms with E-state index >= 15 is 0 Å². The molecule has 0 heterocycles. The molecular weight excluding hydrogens is 326 g/mol. The van der Waals surface area contributed by atoms with Crippen LogP contribution in [0.4, 0.5) is 0 Å². The van der Waals surface area contributed by atoms with Crippen LogP contribution in [0.2, 0.25) is 5.02 Å². The van der Waals surface area contributed by atoms with Crippen LogP contribution in [-0.4, -0.2) is 26.0 Å². The van der Waals surface area contributed by atoms with Crippen molar-refractivity contribution in [3.05, 3.63) is 53.6 Å². The summed E-state index contributed by atoms with van der Waals surface area (Å²) in [6.07, 6.45) is -0.262. The predicted octanol–water partition coefficient (Wildman–Crippen LogP) is 2.76. The number of hydrogen-bond donors (Lipinski definition) is 2. The predicted molar refractivity (Wildman–Crippen MR) is 84.3 cm³/mol. The molecule has 0 saturated carbocycles. The first-order valence-electron chi connectivity index (χ1n) is 6.46. The molecule has 0 aliphatic heterocycles. The average Bonchev–Trinajstić information content (AvgIpc) is 2.47. The first-order valence-corrected chi connectivity index (χ1v) is 8.32. The summed E-state index contributed by atoms with van der Waals surface area (Å²) in [7, 11) is -3.70. The van der Waals surface area contributed by atoms with Crippen molar-refractivity contribution in [3.8, 4) is 11.1 Å². The topological polar surface area (TPSA) is 83.5 Å². The van der Waals surface area contributed by atoms with Crippen molar-refractivity contribution in [1.82, 2.24) is 4.72 Å². The van der Waals surface area contributed by atoms with Gasteiger partial charge in [0.25, 0.3) is 0 Å². The third-order valence-electron chi connectivity index (χ3n) is 2.97. The number of hydrogen-bond acceptors (Lipinski definition) is 3. The number of nitrogens with one attached hydrogen (secondary N) is 1. The van der Waals surface area contributed by atoms with Crippen LogP contribution in [0.15, 0.2) is 53.4 Å². The number of rotatable bonds is 6. The maximum atomic E-state index is 12.0. The minimum atomic E-state index is -3.70. The molecule has 0 amide bonds. The number of carbonyl (C=O) groups is 1. The van der Waals surface area contributed by atoms with Crippen molar-refractivity contribution in [2.24, 2.45) is 0 Å². The van der Waals surface area contributed by atoms with Crippen molar-refractivity contribution in [1.29, 1.82) is 0 Å². The smallest absolute Gasteiger partial charge is 0.304 e. The third-order valence-corrected chi connectivity index (χ3v) is 4.70. The van der Waals surface area contributed by atoms with Gasteiger partial charge in [0.05, 0.1) is 11.3 Å². The SMILES string of the molecule is O=C(O)CCNS(=O)(=O)c1ccc(-c2ccc(Cl)cc2)cc1. The van der Waals surface area contributed by atoms with Crippen molar-refractivity contribution in [2.45, 2.75) is 11.3 Å². The highest BCUT2D eigenvalue weighted by atomic mass is 35.5. The Hall–Kier alpha value is -1.89. The van der Waals surface area contributed by atoms with E-state index in [-0.39, 0.29) is 17.9 Å². The monoisotopic (exact) mass is 339 g/mol. The van der Waals surface area contributed by atoms with E-state index in [1.807, 2.05) is 12.1 Å². The molecule has 0 saturated heterocycles. The minimum absolute atomic E-state index is 0.0932. The Bertz CT molecular complexity index is 755. The van der Waals surface area contributed by atoms with Crippen molar-refractivity contribution in [3.63, 3.8) is 0 Å². The molecular formula is C15H14ClNO4S. The molecule has 116 valence electrons. The van der Waals surface area contributed by atoms with Crippen LogP contribution in [0.5, 0.6) is 0 Å². The molecule has 0 aromatic heterocycles. The maximum absolute atomic E-state index is 12.0. The molecule has 2 N–H and O–H groups in total. The molecule has 0 unspecified atom stereocenters. The van der Waals surface area contributed by atoms with Crippen LogP contribution in [0.25, 0.3) is 11.1 Å². The largest absolute Gasteiger partial charge is 0.481 e. The lowest BCUT2D eigenvalue weighted by atomic mass is 10.1. The van der Waals surface area contributed by atoms with Gasteiger partial charge in [-0.25, -0.2) is 13.1 Å². The van der Waals surface area contributed by atoms with E-state index in [4.69, 9.17) is 16.7 Å². The van der Waals surface area contributed by atoms with E-state index in [0.717, 1.165) is 11.1 Å². The van der Waals surface area contributed by atoms with E-state index in [2.05, 4.69) is 4.72 Å². The van der Waals surface area contributed by atoms with Crippen LogP contribution in [-0.2, 0) is 14.8 Å². The Morgan fingerprint density at radius 2 is 1.50 bits per heavy atom. The summed E-state index contributed by atoms with van der Waals surface area (Å²) in [5.74, 6) is -1.05. The molecule has 0 bridgehead atoms. The van der Waals surface area contributed by atoms with Crippen molar-refractivity contribution >= 4 is 27.6 Å². The lowest BCUT2D eigenvalue weighted by Gasteiger charge is -2.07.